The molecule has 0 unspecified atom stereocenters. The molecular weight excluding hydrogens is 294 g/mol. The zero-order chi connectivity index (χ0) is 16.7. The van der Waals surface area contributed by atoms with E-state index >= 15 is 0 Å². The first-order valence-electron chi connectivity index (χ1n) is 8.14. The third kappa shape index (κ3) is 2.85. The largest absolute Gasteiger partial charge is 0.481 e. The lowest BCUT2D eigenvalue weighted by Crippen LogP contribution is -2.44. The van der Waals surface area contributed by atoms with Gasteiger partial charge in [0.2, 0.25) is 5.91 Å². The number of nitrogens with one attached hydrogen (secondary N) is 1. The Morgan fingerprint density at radius 3 is 2.52 bits per heavy atom. The molecule has 3 rings (SSSR count). The van der Waals surface area contributed by atoms with Gasteiger partial charge in [-0.15, -0.1) is 0 Å². The lowest BCUT2D eigenvalue weighted by atomic mass is 9.78. The van der Waals surface area contributed by atoms with Crippen LogP contribution < -0.4 is 5.32 Å². The highest BCUT2D eigenvalue weighted by molar-refractivity contribution is 5.86. The molecule has 0 aromatic heterocycles. The van der Waals surface area contributed by atoms with Crippen LogP contribution in [0.4, 0.5) is 0 Å². The van der Waals surface area contributed by atoms with Crippen LogP contribution in [-0.4, -0.2) is 29.2 Å². The Kier molecular flexibility index (Phi) is 4.15. The van der Waals surface area contributed by atoms with Crippen molar-refractivity contribution in [2.75, 3.05) is 0 Å². The number of benzene rings is 1. The predicted octanol–water partition coefficient (Wildman–Crippen LogP) is 2.36. The van der Waals surface area contributed by atoms with E-state index in [-0.39, 0.29) is 24.2 Å². The Balaban J connectivity index is 1.76. The van der Waals surface area contributed by atoms with Crippen LogP contribution in [0.2, 0.25) is 0 Å². The second kappa shape index (κ2) is 5.96. The average molecular weight is 317 g/mol. The van der Waals surface area contributed by atoms with Gasteiger partial charge >= 0.3 is 5.97 Å². The van der Waals surface area contributed by atoms with Crippen molar-refractivity contribution < 1.29 is 19.4 Å². The molecule has 1 aromatic carbocycles. The number of carboxylic acid groups (broad SMARTS) is 1. The molecule has 124 valence electrons. The molecule has 2 aliphatic heterocycles. The number of aryl methyl sites for hydroxylation is 2. The molecule has 0 saturated carbocycles. The quantitative estimate of drug-likeness (QED) is 0.894. The molecule has 0 radical (unpaired) electrons. The molecule has 5 nitrogen and oxygen atoms in total. The van der Waals surface area contributed by atoms with Crippen molar-refractivity contribution in [1.29, 1.82) is 0 Å². The number of rotatable bonds is 4. The Morgan fingerprint density at radius 1 is 1.22 bits per heavy atom. The number of ether oxygens (including phenoxy) is 1. The lowest BCUT2D eigenvalue weighted by molar-refractivity contribution is -0.148. The first-order valence-corrected chi connectivity index (χ1v) is 8.14. The summed E-state index contributed by atoms with van der Waals surface area (Å²) >= 11 is 0. The number of aliphatic carboxylic acids is 1. The highest BCUT2D eigenvalue weighted by atomic mass is 16.5. The van der Waals surface area contributed by atoms with Gasteiger partial charge in [0.15, 0.2) is 0 Å². The molecule has 2 heterocycles. The molecule has 5 atom stereocenters. The average Bonchev–Trinajstić information content (AvgIpc) is 3.10. The standard InChI is InChI=1S/C18H23NO4/c1-9-4-5-10(2)12(8-9)11(3)19-17(20)15-13-6-7-14(23-13)16(15)18(21)22/h4-5,8,11,13-16H,6-7H2,1-3H3,(H,19,20)(H,21,22)/t11-,13-,14+,15-,16-/m0/s1. The topological polar surface area (TPSA) is 75.6 Å². The van der Waals surface area contributed by atoms with E-state index in [1.807, 2.05) is 32.9 Å². The predicted molar refractivity (Wildman–Crippen MR) is 85.0 cm³/mol. The number of carbonyl (C=O) groups is 2. The lowest BCUT2D eigenvalue weighted by Gasteiger charge is -2.26. The van der Waals surface area contributed by atoms with Gasteiger partial charge in [-0.05, 0) is 44.7 Å². The van der Waals surface area contributed by atoms with Crippen LogP contribution in [-0.2, 0) is 14.3 Å². The van der Waals surface area contributed by atoms with Gasteiger partial charge in [-0.1, -0.05) is 23.8 Å². The fourth-order valence-electron chi connectivity index (χ4n) is 3.94. The van der Waals surface area contributed by atoms with E-state index < -0.39 is 17.8 Å². The van der Waals surface area contributed by atoms with E-state index in [2.05, 4.69) is 11.4 Å². The summed E-state index contributed by atoms with van der Waals surface area (Å²) in [6.07, 6.45) is 0.929. The Bertz CT molecular complexity index is 642. The minimum Gasteiger partial charge on any atom is -0.481 e. The van der Waals surface area contributed by atoms with E-state index in [9.17, 15) is 14.7 Å². The van der Waals surface area contributed by atoms with Crippen molar-refractivity contribution in [3.63, 3.8) is 0 Å². The number of carbonyl (C=O) groups excluding carboxylic acids is 1. The second-order valence-electron chi connectivity index (χ2n) is 6.77. The zero-order valence-corrected chi connectivity index (χ0v) is 13.7. The van der Waals surface area contributed by atoms with Gasteiger partial charge in [-0.3, -0.25) is 9.59 Å². The second-order valence-corrected chi connectivity index (χ2v) is 6.77. The number of carboxylic acids is 1. The van der Waals surface area contributed by atoms with Crippen LogP contribution in [0, 0.1) is 25.7 Å². The van der Waals surface area contributed by atoms with E-state index in [1.54, 1.807) is 0 Å². The van der Waals surface area contributed by atoms with Crippen LogP contribution in [0.3, 0.4) is 0 Å². The Labute approximate surface area is 136 Å². The number of hydrogen-bond donors (Lipinski definition) is 2. The molecule has 0 aliphatic carbocycles. The van der Waals surface area contributed by atoms with Crippen LogP contribution in [0.25, 0.3) is 0 Å². The van der Waals surface area contributed by atoms with Gasteiger partial charge in [0, 0.05) is 0 Å². The summed E-state index contributed by atoms with van der Waals surface area (Å²) < 4.78 is 5.67. The van der Waals surface area contributed by atoms with Crippen molar-refractivity contribution in [3.05, 3.63) is 34.9 Å². The van der Waals surface area contributed by atoms with Crippen molar-refractivity contribution in [2.45, 2.75) is 51.9 Å². The molecule has 2 N–H and O–H groups in total. The summed E-state index contributed by atoms with van der Waals surface area (Å²) in [4.78, 5) is 24.2. The molecular formula is C18H23NO4. The maximum Gasteiger partial charge on any atom is 0.310 e. The van der Waals surface area contributed by atoms with Crippen molar-refractivity contribution in [1.82, 2.24) is 5.32 Å². The van der Waals surface area contributed by atoms with E-state index in [4.69, 9.17) is 4.74 Å². The highest BCUT2D eigenvalue weighted by Crippen LogP contribution is 2.43. The summed E-state index contributed by atoms with van der Waals surface area (Å²) in [5.41, 5.74) is 3.31. The molecule has 1 aromatic rings. The summed E-state index contributed by atoms with van der Waals surface area (Å²) in [6.45, 7) is 5.96. The summed E-state index contributed by atoms with van der Waals surface area (Å²) in [6, 6.07) is 5.98. The third-order valence-corrected chi connectivity index (χ3v) is 5.12. The molecule has 2 aliphatic rings. The Hall–Kier alpha value is -1.88. The number of hydrogen-bond acceptors (Lipinski definition) is 3. The molecule has 1 amide bonds. The molecule has 0 spiro atoms. The van der Waals surface area contributed by atoms with Crippen molar-refractivity contribution >= 4 is 11.9 Å². The summed E-state index contributed by atoms with van der Waals surface area (Å²) in [7, 11) is 0. The van der Waals surface area contributed by atoms with Crippen LogP contribution >= 0.6 is 0 Å². The van der Waals surface area contributed by atoms with Gasteiger partial charge in [0.1, 0.15) is 0 Å². The Morgan fingerprint density at radius 2 is 1.87 bits per heavy atom. The first-order chi connectivity index (χ1) is 10.9. The monoisotopic (exact) mass is 317 g/mol. The fraction of sp³-hybridized carbons (Fsp3) is 0.556. The normalized spacial score (nSPS) is 30.2. The van der Waals surface area contributed by atoms with E-state index in [1.165, 1.54) is 0 Å². The van der Waals surface area contributed by atoms with Crippen LogP contribution in [0.1, 0.15) is 42.5 Å². The van der Waals surface area contributed by atoms with Gasteiger partial charge in [-0.25, -0.2) is 0 Å². The molecule has 2 saturated heterocycles. The zero-order valence-electron chi connectivity index (χ0n) is 13.7. The van der Waals surface area contributed by atoms with Crippen molar-refractivity contribution in [2.24, 2.45) is 11.8 Å². The van der Waals surface area contributed by atoms with Gasteiger partial charge in [0.05, 0.1) is 30.1 Å². The number of fused-ring (bicyclic) bond motifs is 2. The van der Waals surface area contributed by atoms with Crippen LogP contribution in [0.15, 0.2) is 18.2 Å². The SMILES string of the molecule is Cc1ccc(C)c([C@H](C)NC(=O)[C@@H]2[C@@H](C(=O)O)[C@H]3CC[C@@H]2O3)c1. The first kappa shape index (κ1) is 16.0. The van der Waals surface area contributed by atoms with Gasteiger partial charge < -0.3 is 15.2 Å². The number of amides is 1. The molecule has 2 bridgehead atoms. The smallest absolute Gasteiger partial charge is 0.310 e. The minimum absolute atomic E-state index is 0.157. The molecule has 5 heteroatoms. The maximum atomic E-state index is 12.7. The van der Waals surface area contributed by atoms with E-state index in [0.717, 1.165) is 29.5 Å². The molecule has 2 fully saturated rings. The minimum atomic E-state index is -0.934. The van der Waals surface area contributed by atoms with Gasteiger partial charge in [0.25, 0.3) is 0 Å². The van der Waals surface area contributed by atoms with E-state index in [0.29, 0.717) is 0 Å². The highest BCUT2D eigenvalue weighted by Gasteiger charge is 2.55. The van der Waals surface area contributed by atoms with Crippen molar-refractivity contribution in [3.8, 4) is 0 Å². The summed E-state index contributed by atoms with van der Waals surface area (Å²) in [5, 5.41) is 12.4. The summed E-state index contributed by atoms with van der Waals surface area (Å²) in [5.74, 6) is -2.45. The molecule has 23 heavy (non-hydrogen) atoms. The van der Waals surface area contributed by atoms with Crippen LogP contribution in [0.5, 0.6) is 0 Å². The fourth-order valence-corrected chi connectivity index (χ4v) is 3.94. The maximum absolute atomic E-state index is 12.7. The third-order valence-electron chi connectivity index (χ3n) is 5.12. The van der Waals surface area contributed by atoms with Gasteiger partial charge in [-0.2, -0.15) is 0 Å².